The summed E-state index contributed by atoms with van der Waals surface area (Å²) < 4.78 is 12.9. The molecule has 6 nitrogen and oxygen atoms in total. The largest absolute Gasteiger partial charge is 0.490 e. The summed E-state index contributed by atoms with van der Waals surface area (Å²) in [6.45, 7) is 3.47. The van der Waals surface area contributed by atoms with Gasteiger partial charge in [-0.3, -0.25) is 9.48 Å². The van der Waals surface area contributed by atoms with Gasteiger partial charge >= 0.3 is 0 Å². The van der Waals surface area contributed by atoms with Crippen LogP contribution in [0.25, 0.3) is 0 Å². The lowest BCUT2D eigenvalue weighted by atomic mass is 10.1. The first-order valence-electron chi connectivity index (χ1n) is 7.39. The Morgan fingerprint density at radius 2 is 2.18 bits per heavy atom. The first kappa shape index (κ1) is 14.4. The van der Waals surface area contributed by atoms with Crippen molar-refractivity contribution in [2.24, 2.45) is 0 Å². The maximum absolute atomic E-state index is 12.0. The van der Waals surface area contributed by atoms with Crippen molar-refractivity contribution >= 4 is 5.91 Å². The van der Waals surface area contributed by atoms with Crippen molar-refractivity contribution in [3.8, 4) is 11.5 Å². The molecule has 0 saturated carbocycles. The van der Waals surface area contributed by atoms with Gasteiger partial charge in [0.1, 0.15) is 6.54 Å². The van der Waals surface area contributed by atoms with E-state index in [9.17, 15) is 4.79 Å². The molecule has 6 heteroatoms. The van der Waals surface area contributed by atoms with Crippen molar-refractivity contribution in [2.75, 3.05) is 13.2 Å². The van der Waals surface area contributed by atoms with Gasteiger partial charge in [-0.1, -0.05) is 6.07 Å². The minimum atomic E-state index is -0.111. The summed E-state index contributed by atoms with van der Waals surface area (Å²) >= 11 is 0. The van der Waals surface area contributed by atoms with Gasteiger partial charge in [0.05, 0.1) is 19.3 Å². The van der Waals surface area contributed by atoms with Gasteiger partial charge in [0, 0.05) is 18.8 Å². The first-order chi connectivity index (χ1) is 10.7. The Hall–Kier alpha value is -2.50. The van der Waals surface area contributed by atoms with Crippen molar-refractivity contribution in [1.82, 2.24) is 15.1 Å². The van der Waals surface area contributed by atoms with Crippen LogP contribution in [0, 0.1) is 0 Å². The van der Waals surface area contributed by atoms with E-state index in [2.05, 4.69) is 10.4 Å². The molecule has 1 aliphatic heterocycles. The molecular weight excluding hydrogens is 282 g/mol. The smallest absolute Gasteiger partial charge is 0.242 e. The Balaban J connectivity index is 1.65. The van der Waals surface area contributed by atoms with Crippen LogP contribution in [0.2, 0.25) is 0 Å². The molecule has 1 aromatic heterocycles. The maximum atomic E-state index is 12.0. The van der Waals surface area contributed by atoms with E-state index in [0.29, 0.717) is 13.2 Å². The zero-order chi connectivity index (χ0) is 15.4. The third kappa shape index (κ3) is 3.39. The van der Waals surface area contributed by atoms with Crippen LogP contribution >= 0.6 is 0 Å². The number of nitrogens with zero attached hydrogens (tertiary/aromatic N) is 2. The molecule has 116 valence electrons. The molecule has 0 spiro atoms. The van der Waals surface area contributed by atoms with Gasteiger partial charge in [-0.25, -0.2) is 0 Å². The molecule has 2 heterocycles. The number of hydrogen-bond acceptors (Lipinski definition) is 4. The van der Waals surface area contributed by atoms with Crippen LogP contribution in [0.5, 0.6) is 11.5 Å². The standard InChI is InChI=1S/C16H19N3O3/c1-12(18-16(20)11-19-7-2-6-17-19)13-4-5-14-15(10-13)22-9-3-8-21-14/h2,4-7,10,12H,3,8-9,11H2,1H3,(H,18,20)/t12-/m1/s1. The molecule has 2 aromatic rings. The topological polar surface area (TPSA) is 65.4 Å². The second kappa shape index (κ2) is 6.51. The van der Waals surface area contributed by atoms with E-state index in [-0.39, 0.29) is 18.5 Å². The van der Waals surface area contributed by atoms with Gasteiger partial charge in [0.25, 0.3) is 0 Å². The number of ether oxygens (including phenoxy) is 2. The average Bonchev–Trinajstić information content (AvgIpc) is 2.89. The number of aromatic nitrogens is 2. The van der Waals surface area contributed by atoms with Crippen LogP contribution < -0.4 is 14.8 Å². The van der Waals surface area contributed by atoms with E-state index in [4.69, 9.17) is 9.47 Å². The number of fused-ring (bicyclic) bond motifs is 1. The summed E-state index contributed by atoms with van der Waals surface area (Å²) in [5.74, 6) is 1.42. The number of benzene rings is 1. The number of carbonyl (C=O) groups excluding carboxylic acids is 1. The van der Waals surface area contributed by atoms with Gasteiger partial charge < -0.3 is 14.8 Å². The van der Waals surface area contributed by atoms with Crippen LogP contribution in [0.3, 0.4) is 0 Å². The lowest BCUT2D eigenvalue weighted by Gasteiger charge is -2.16. The van der Waals surface area contributed by atoms with Crippen molar-refractivity contribution in [1.29, 1.82) is 0 Å². The van der Waals surface area contributed by atoms with Crippen LogP contribution in [-0.2, 0) is 11.3 Å². The second-order valence-electron chi connectivity index (χ2n) is 5.25. The molecule has 3 rings (SSSR count). The van der Waals surface area contributed by atoms with Gasteiger partial charge in [-0.15, -0.1) is 0 Å². The van der Waals surface area contributed by atoms with Crippen LogP contribution in [-0.4, -0.2) is 28.9 Å². The summed E-state index contributed by atoms with van der Waals surface area (Å²) in [5, 5.41) is 6.98. The number of hydrogen-bond donors (Lipinski definition) is 1. The molecule has 0 bridgehead atoms. The molecule has 1 amide bonds. The van der Waals surface area contributed by atoms with Crippen molar-refractivity contribution < 1.29 is 14.3 Å². The van der Waals surface area contributed by atoms with E-state index in [1.165, 1.54) is 0 Å². The average molecular weight is 301 g/mol. The van der Waals surface area contributed by atoms with Crippen molar-refractivity contribution in [3.05, 3.63) is 42.2 Å². The fourth-order valence-electron chi connectivity index (χ4n) is 2.36. The Morgan fingerprint density at radius 3 is 2.95 bits per heavy atom. The van der Waals surface area contributed by atoms with Gasteiger partial charge in [-0.05, 0) is 30.7 Å². The van der Waals surface area contributed by atoms with Crippen LogP contribution in [0.15, 0.2) is 36.7 Å². The summed E-state index contributed by atoms with van der Waals surface area (Å²) in [6, 6.07) is 7.46. The van der Waals surface area contributed by atoms with Crippen LogP contribution in [0.1, 0.15) is 24.9 Å². The molecule has 0 fully saturated rings. The number of rotatable bonds is 4. The maximum Gasteiger partial charge on any atom is 0.242 e. The van der Waals surface area contributed by atoms with Crippen molar-refractivity contribution in [2.45, 2.75) is 25.9 Å². The van der Waals surface area contributed by atoms with Crippen LogP contribution in [0.4, 0.5) is 0 Å². The third-order valence-corrected chi connectivity index (χ3v) is 3.51. The summed E-state index contributed by atoms with van der Waals surface area (Å²) in [6.07, 6.45) is 4.29. The second-order valence-corrected chi connectivity index (χ2v) is 5.25. The Bertz CT molecular complexity index is 640. The lowest BCUT2D eigenvalue weighted by Crippen LogP contribution is -2.30. The highest BCUT2D eigenvalue weighted by atomic mass is 16.5. The molecule has 0 saturated heterocycles. The Kier molecular flexibility index (Phi) is 4.27. The van der Waals surface area contributed by atoms with E-state index >= 15 is 0 Å². The van der Waals surface area contributed by atoms with Gasteiger partial charge in [0.2, 0.25) is 5.91 Å². The third-order valence-electron chi connectivity index (χ3n) is 3.51. The number of carbonyl (C=O) groups is 1. The molecular formula is C16H19N3O3. The molecule has 1 aliphatic rings. The van der Waals surface area contributed by atoms with Gasteiger partial charge in [-0.2, -0.15) is 5.10 Å². The zero-order valence-electron chi connectivity index (χ0n) is 12.5. The molecule has 0 unspecified atom stereocenters. The normalized spacial score (nSPS) is 15.0. The summed E-state index contributed by atoms with van der Waals surface area (Å²) in [7, 11) is 0. The minimum absolute atomic E-state index is 0.0803. The SMILES string of the molecule is C[C@@H](NC(=O)Cn1cccn1)c1ccc2c(c1)OCCCO2. The quantitative estimate of drug-likeness (QED) is 0.937. The molecule has 0 radical (unpaired) electrons. The fourth-order valence-corrected chi connectivity index (χ4v) is 2.36. The van der Waals surface area contributed by atoms with E-state index < -0.39 is 0 Å². The molecule has 1 atom stereocenters. The Labute approximate surface area is 129 Å². The predicted molar refractivity (Wildman–Crippen MR) is 80.8 cm³/mol. The molecule has 22 heavy (non-hydrogen) atoms. The number of nitrogens with one attached hydrogen (secondary N) is 1. The Morgan fingerprint density at radius 1 is 1.36 bits per heavy atom. The monoisotopic (exact) mass is 301 g/mol. The predicted octanol–water partition coefficient (Wildman–Crippen LogP) is 1.92. The highest BCUT2D eigenvalue weighted by Crippen LogP contribution is 2.32. The highest BCUT2D eigenvalue weighted by molar-refractivity contribution is 5.76. The minimum Gasteiger partial charge on any atom is -0.490 e. The zero-order valence-corrected chi connectivity index (χ0v) is 12.5. The molecule has 1 aromatic carbocycles. The van der Waals surface area contributed by atoms with Gasteiger partial charge in [0.15, 0.2) is 11.5 Å². The number of amides is 1. The summed E-state index contributed by atoms with van der Waals surface area (Å²) in [5.41, 5.74) is 0.984. The van der Waals surface area contributed by atoms with E-state index in [1.807, 2.05) is 25.1 Å². The molecule has 0 aliphatic carbocycles. The fraction of sp³-hybridized carbons (Fsp3) is 0.375. The summed E-state index contributed by atoms with van der Waals surface area (Å²) in [4.78, 5) is 12.0. The van der Waals surface area contributed by atoms with Crippen molar-refractivity contribution in [3.63, 3.8) is 0 Å². The van der Waals surface area contributed by atoms with E-state index in [0.717, 1.165) is 23.5 Å². The lowest BCUT2D eigenvalue weighted by molar-refractivity contribution is -0.122. The highest BCUT2D eigenvalue weighted by Gasteiger charge is 2.15. The molecule has 1 N–H and O–H groups in total. The first-order valence-corrected chi connectivity index (χ1v) is 7.39. The van der Waals surface area contributed by atoms with E-state index in [1.54, 1.807) is 23.1 Å².